The van der Waals surface area contributed by atoms with E-state index in [1.54, 1.807) is 27.9 Å². The van der Waals surface area contributed by atoms with E-state index in [1.165, 1.54) is 0 Å². The molecular weight excluding hydrogens is 382 g/mol. The third-order valence-corrected chi connectivity index (χ3v) is 5.48. The van der Waals surface area contributed by atoms with Crippen molar-refractivity contribution in [1.82, 2.24) is 35.2 Å². The average molecular weight is 407 g/mol. The van der Waals surface area contributed by atoms with Crippen molar-refractivity contribution in [3.05, 3.63) is 65.0 Å². The van der Waals surface area contributed by atoms with Gasteiger partial charge in [0.1, 0.15) is 5.82 Å². The van der Waals surface area contributed by atoms with Crippen molar-refractivity contribution in [3.8, 4) is 0 Å². The van der Waals surface area contributed by atoms with E-state index in [4.69, 9.17) is 0 Å². The Morgan fingerprint density at radius 1 is 1.23 bits per heavy atom. The maximum atomic E-state index is 13.4. The molecule has 3 heterocycles. The average Bonchev–Trinajstić information content (AvgIpc) is 3.46. The fourth-order valence-corrected chi connectivity index (χ4v) is 3.91. The Bertz CT molecular complexity index is 1060. The number of H-pyrrole nitrogens is 1. The number of nitrogens with one attached hydrogen (secondary N) is 2. The zero-order valence-electron chi connectivity index (χ0n) is 17.3. The van der Waals surface area contributed by atoms with E-state index in [0.717, 1.165) is 5.69 Å². The Hall–Kier alpha value is -3.49. The summed E-state index contributed by atoms with van der Waals surface area (Å²) in [4.78, 5) is 32.2. The molecule has 156 valence electrons. The summed E-state index contributed by atoms with van der Waals surface area (Å²) in [6.07, 6.45) is 2.15. The molecule has 1 saturated heterocycles. The number of benzene rings is 1. The number of hydrogen-bond donors (Lipinski definition) is 2. The van der Waals surface area contributed by atoms with Gasteiger partial charge in [-0.1, -0.05) is 18.2 Å². The van der Waals surface area contributed by atoms with Crippen molar-refractivity contribution in [3.63, 3.8) is 0 Å². The molecule has 0 bridgehead atoms. The molecule has 0 radical (unpaired) electrons. The summed E-state index contributed by atoms with van der Waals surface area (Å²) in [5.74, 6) is 0.952. The second-order valence-electron chi connectivity index (χ2n) is 7.48. The smallest absolute Gasteiger partial charge is 0.258 e. The topological polar surface area (TPSA) is 109 Å². The molecule has 4 rings (SSSR count). The molecule has 9 nitrogen and oxygen atoms in total. The highest BCUT2D eigenvalue weighted by Crippen LogP contribution is 2.32. The van der Waals surface area contributed by atoms with Gasteiger partial charge >= 0.3 is 0 Å². The van der Waals surface area contributed by atoms with Gasteiger partial charge in [-0.3, -0.25) is 19.4 Å². The van der Waals surface area contributed by atoms with Gasteiger partial charge in [0.2, 0.25) is 0 Å². The standard InChI is InChI=1S/C21H25N7O2/c1-4-28-13(2)17(11-22-28)21(30)27-12-16(10-18(27)19-23-14(3)25-26-19)24-20(29)15-8-6-5-7-9-15/h5-9,11,16,18H,4,10,12H2,1-3H3,(H,24,29)(H,23,25,26)/t16-,18-/m0/s1. The predicted octanol–water partition coefficient (Wildman–Crippen LogP) is 2.02. The van der Waals surface area contributed by atoms with Crippen molar-refractivity contribution in [2.24, 2.45) is 0 Å². The second-order valence-corrected chi connectivity index (χ2v) is 7.48. The van der Waals surface area contributed by atoms with Crippen LogP contribution in [0, 0.1) is 13.8 Å². The van der Waals surface area contributed by atoms with Gasteiger partial charge in [-0.25, -0.2) is 4.98 Å². The lowest BCUT2D eigenvalue weighted by atomic mass is 10.1. The molecule has 0 spiro atoms. The summed E-state index contributed by atoms with van der Waals surface area (Å²) < 4.78 is 1.80. The van der Waals surface area contributed by atoms with Crippen molar-refractivity contribution in [2.45, 2.75) is 45.8 Å². The summed E-state index contributed by atoms with van der Waals surface area (Å²) in [7, 11) is 0. The van der Waals surface area contributed by atoms with Crippen molar-refractivity contribution < 1.29 is 9.59 Å². The van der Waals surface area contributed by atoms with E-state index in [2.05, 4.69) is 25.6 Å². The molecule has 3 aromatic rings. The van der Waals surface area contributed by atoms with Crippen LogP contribution in [0.3, 0.4) is 0 Å². The Morgan fingerprint density at radius 2 is 2.00 bits per heavy atom. The number of nitrogens with zero attached hydrogens (tertiary/aromatic N) is 5. The summed E-state index contributed by atoms with van der Waals surface area (Å²) >= 11 is 0. The maximum Gasteiger partial charge on any atom is 0.258 e. The molecule has 1 fully saturated rings. The molecule has 2 atom stereocenters. The molecule has 1 aliphatic rings. The molecule has 1 aromatic carbocycles. The Morgan fingerprint density at radius 3 is 2.63 bits per heavy atom. The third kappa shape index (κ3) is 3.70. The van der Waals surface area contributed by atoms with Gasteiger partial charge in [-0.05, 0) is 39.3 Å². The highest BCUT2D eigenvalue weighted by atomic mass is 16.2. The van der Waals surface area contributed by atoms with Crippen LogP contribution in [-0.2, 0) is 6.54 Å². The maximum absolute atomic E-state index is 13.4. The number of aryl methyl sites for hydroxylation is 2. The van der Waals surface area contributed by atoms with E-state index in [1.807, 2.05) is 39.0 Å². The van der Waals surface area contributed by atoms with Gasteiger partial charge in [0, 0.05) is 30.4 Å². The number of amides is 2. The monoisotopic (exact) mass is 407 g/mol. The van der Waals surface area contributed by atoms with Crippen molar-refractivity contribution in [2.75, 3.05) is 6.54 Å². The van der Waals surface area contributed by atoms with Gasteiger partial charge in [0.25, 0.3) is 11.8 Å². The first-order valence-electron chi connectivity index (χ1n) is 10.1. The van der Waals surface area contributed by atoms with Gasteiger partial charge in [0.05, 0.1) is 17.8 Å². The minimum absolute atomic E-state index is 0.129. The van der Waals surface area contributed by atoms with Gasteiger partial charge in [-0.2, -0.15) is 10.2 Å². The number of likely N-dealkylation sites (tertiary alicyclic amines) is 1. The normalized spacial score (nSPS) is 18.6. The van der Waals surface area contributed by atoms with Crippen LogP contribution in [0.15, 0.2) is 36.5 Å². The zero-order chi connectivity index (χ0) is 21.3. The molecule has 30 heavy (non-hydrogen) atoms. The fraction of sp³-hybridized carbons (Fsp3) is 0.381. The number of hydrogen-bond acceptors (Lipinski definition) is 5. The lowest BCUT2D eigenvalue weighted by Crippen LogP contribution is -2.38. The lowest BCUT2D eigenvalue weighted by molar-refractivity contribution is 0.0723. The molecule has 2 N–H and O–H groups in total. The van der Waals surface area contributed by atoms with Crippen LogP contribution in [0.2, 0.25) is 0 Å². The van der Waals surface area contributed by atoms with E-state index < -0.39 is 0 Å². The first-order valence-corrected chi connectivity index (χ1v) is 10.1. The van der Waals surface area contributed by atoms with E-state index in [0.29, 0.717) is 42.3 Å². The number of aromatic amines is 1. The number of rotatable bonds is 5. The molecule has 0 unspecified atom stereocenters. The van der Waals surface area contributed by atoms with E-state index in [9.17, 15) is 9.59 Å². The molecule has 1 aliphatic heterocycles. The van der Waals surface area contributed by atoms with Gasteiger partial charge in [0.15, 0.2) is 5.82 Å². The summed E-state index contributed by atoms with van der Waals surface area (Å²) in [6.45, 7) is 6.77. The molecule has 0 saturated carbocycles. The highest BCUT2D eigenvalue weighted by molar-refractivity contribution is 5.96. The number of carbonyl (C=O) groups is 2. The molecule has 0 aliphatic carbocycles. The van der Waals surface area contributed by atoms with Crippen LogP contribution >= 0.6 is 0 Å². The van der Waals surface area contributed by atoms with Gasteiger partial charge in [-0.15, -0.1) is 0 Å². The molecular formula is C21H25N7O2. The SMILES string of the molecule is CCn1ncc(C(=O)N2C[C@@H](NC(=O)c3ccccc3)C[C@H]2c2n[nH]c(C)n2)c1C. The van der Waals surface area contributed by atoms with Crippen LogP contribution in [-0.4, -0.2) is 54.3 Å². The van der Waals surface area contributed by atoms with Gasteiger partial charge < -0.3 is 10.2 Å². The Kier molecular flexibility index (Phi) is 5.35. The molecule has 2 aromatic heterocycles. The third-order valence-electron chi connectivity index (χ3n) is 5.48. The summed E-state index contributed by atoms with van der Waals surface area (Å²) in [5.41, 5.74) is 1.97. The van der Waals surface area contributed by atoms with E-state index >= 15 is 0 Å². The molecule has 2 amide bonds. The first kappa shape index (κ1) is 19.8. The predicted molar refractivity (Wildman–Crippen MR) is 110 cm³/mol. The second kappa shape index (κ2) is 8.10. The van der Waals surface area contributed by atoms with Crippen LogP contribution in [0.4, 0.5) is 0 Å². The van der Waals surface area contributed by atoms with Crippen molar-refractivity contribution in [1.29, 1.82) is 0 Å². The van der Waals surface area contributed by atoms with E-state index in [-0.39, 0.29) is 23.9 Å². The van der Waals surface area contributed by atoms with Crippen LogP contribution in [0.5, 0.6) is 0 Å². The highest BCUT2D eigenvalue weighted by Gasteiger charge is 2.40. The number of aromatic nitrogens is 5. The number of carbonyl (C=O) groups excluding carboxylic acids is 2. The Labute approximate surface area is 174 Å². The first-order chi connectivity index (χ1) is 14.5. The summed E-state index contributed by atoms with van der Waals surface area (Å²) in [6, 6.07) is 8.53. The Balaban J connectivity index is 1.59. The van der Waals surface area contributed by atoms with Crippen LogP contribution in [0.1, 0.15) is 57.4 Å². The zero-order valence-corrected chi connectivity index (χ0v) is 17.3. The van der Waals surface area contributed by atoms with Crippen LogP contribution in [0.25, 0.3) is 0 Å². The minimum atomic E-state index is -0.326. The quantitative estimate of drug-likeness (QED) is 0.673. The fourth-order valence-electron chi connectivity index (χ4n) is 3.91. The van der Waals surface area contributed by atoms with Crippen LogP contribution < -0.4 is 5.32 Å². The van der Waals surface area contributed by atoms with Crippen molar-refractivity contribution >= 4 is 11.8 Å². The summed E-state index contributed by atoms with van der Waals surface area (Å²) in [5, 5.41) is 14.5. The minimum Gasteiger partial charge on any atom is -0.347 e. The largest absolute Gasteiger partial charge is 0.347 e. The molecule has 9 heteroatoms. The lowest BCUT2D eigenvalue weighted by Gasteiger charge is -2.22.